The molecule has 12 heavy (non-hydrogen) atoms. The molecule has 1 aromatic carbocycles. The Kier molecular flexibility index (Phi) is 2.80. The molecular formula is C9H11NO2. The van der Waals surface area contributed by atoms with Crippen LogP contribution in [0.1, 0.15) is 16.7 Å². The smallest absolute Gasteiger partial charge is 0.155 e. The van der Waals surface area contributed by atoms with Crippen LogP contribution in [-0.4, -0.2) is 0 Å². The summed E-state index contributed by atoms with van der Waals surface area (Å²) in [5, 5.41) is 2.35. The molecule has 0 heterocycles. The first-order valence-corrected chi connectivity index (χ1v) is 3.75. The molecule has 0 spiro atoms. The first-order valence-electron chi connectivity index (χ1n) is 3.75. The van der Waals surface area contributed by atoms with Crippen LogP contribution in [-0.2, 0) is 11.4 Å². The van der Waals surface area contributed by atoms with Gasteiger partial charge in [0.25, 0.3) is 0 Å². The molecule has 3 heteroatoms. The predicted molar refractivity (Wildman–Crippen MR) is 46.5 cm³/mol. The van der Waals surface area contributed by atoms with E-state index >= 15 is 0 Å². The molecule has 1 aromatic rings. The fraction of sp³-hybridized carbons (Fsp3) is 0.333. The molecule has 1 rings (SSSR count). The van der Waals surface area contributed by atoms with Crippen molar-refractivity contribution in [1.82, 2.24) is 0 Å². The van der Waals surface area contributed by atoms with Gasteiger partial charge in [0.15, 0.2) is 5.34 Å². The summed E-state index contributed by atoms with van der Waals surface area (Å²) in [5.41, 5.74) is 3.36. The highest BCUT2D eigenvalue weighted by atomic mass is 16.7. The van der Waals surface area contributed by atoms with Gasteiger partial charge in [0.1, 0.15) is 6.61 Å². The summed E-state index contributed by atoms with van der Waals surface area (Å²) in [5.74, 6) is 0. The Bertz CT molecular complexity index is 284. The van der Waals surface area contributed by atoms with Gasteiger partial charge in [-0.05, 0) is 30.5 Å². The van der Waals surface area contributed by atoms with Gasteiger partial charge in [0.2, 0.25) is 0 Å². The molecule has 0 amide bonds. The van der Waals surface area contributed by atoms with Crippen molar-refractivity contribution < 1.29 is 4.84 Å². The van der Waals surface area contributed by atoms with Crippen molar-refractivity contribution in [3.63, 3.8) is 0 Å². The number of benzene rings is 1. The Morgan fingerprint density at radius 2 is 2.17 bits per heavy atom. The summed E-state index contributed by atoms with van der Waals surface area (Å²) >= 11 is 0. The van der Waals surface area contributed by atoms with Gasteiger partial charge in [-0.25, -0.2) is 0 Å². The first kappa shape index (κ1) is 8.71. The summed E-state index contributed by atoms with van der Waals surface area (Å²) in [4.78, 5) is 14.1. The molecule has 0 aliphatic heterocycles. The maximum Gasteiger partial charge on any atom is 0.155 e. The van der Waals surface area contributed by atoms with Crippen LogP contribution in [0.25, 0.3) is 0 Å². The molecule has 0 bridgehead atoms. The zero-order valence-electron chi connectivity index (χ0n) is 7.20. The van der Waals surface area contributed by atoms with Gasteiger partial charge < -0.3 is 4.84 Å². The van der Waals surface area contributed by atoms with E-state index in [-0.39, 0.29) is 6.61 Å². The lowest BCUT2D eigenvalue weighted by Gasteiger charge is -2.05. The molecule has 0 atom stereocenters. The molecule has 64 valence electrons. The number of hydrogen-bond acceptors (Lipinski definition) is 3. The second kappa shape index (κ2) is 3.85. The second-order valence-corrected chi connectivity index (χ2v) is 2.71. The van der Waals surface area contributed by atoms with E-state index in [1.54, 1.807) is 0 Å². The summed E-state index contributed by atoms with van der Waals surface area (Å²) in [6.07, 6.45) is 0. The molecule has 0 unspecified atom stereocenters. The summed E-state index contributed by atoms with van der Waals surface area (Å²) in [6, 6.07) is 5.88. The molecule has 3 nitrogen and oxygen atoms in total. The molecule has 0 aliphatic rings. The van der Waals surface area contributed by atoms with E-state index in [0.717, 1.165) is 11.1 Å². The van der Waals surface area contributed by atoms with Gasteiger partial charge in [-0.15, -0.1) is 4.91 Å². The monoisotopic (exact) mass is 165 g/mol. The van der Waals surface area contributed by atoms with Crippen molar-refractivity contribution >= 4 is 0 Å². The lowest BCUT2D eigenvalue weighted by molar-refractivity contribution is 0.125. The summed E-state index contributed by atoms with van der Waals surface area (Å²) < 4.78 is 0. The van der Waals surface area contributed by atoms with E-state index in [4.69, 9.17) is 0 Å². The van der Waals surface area contributed by atoms with Crippen LogP contribution < -0.4 is 0 Å². The third-order valence-electron chi connectivity index (χ3n) is 1.99. The maximum absolute atomic E-state index is 9.70. The maximum atomic E-state index is 9.70. The van der Waals surface area contributed by atoms with Crippen molar-refractivity contribution in [1.29, 1.82) is 0 Å². The highest BCUT2D eigenvalue weighted by Crippen LogP contribution is 2.13. The minimum Gasteiger partial charge on any atom is -0.359 e. The zero-order chi connectivity index (χ0) is 8.97. The van der Waals surface area contributed by atoms with E-state index in [0.29, 0.717) is 0 Å². The third-order valence-corrected chi connectivity index (χ3v) is 1.99. The highest BCUT2D eigenvalue weighted by Gasteiger charge is 2.00. The molecule has 0 aliphatic carbocycles. The van der Waals surface area contributed by atoms with E-state index in [9.17, 15) is 4.91 Å². The van der Waals surface area contributed by atoms with E-state index < -0.39 is 0 Å². The van der Waals surface area contributed by atoms with Crippen molar-refractivity contribution in [2.24, 2.45) is 5.34 Å². The average molecular weight is 165 g/mol. The topological polar surface area (TPSA) is 38.7 Å². The summed E-state index contributed by atoms with van der Waals surface area (Å²) in [6.45, 7) is 4.28. The van der Waals surface area contributed by atoms with Crippen molar-refractivity contribution in [2.45, 2.75) is 20.5 Å². The van der Waals surface area contributed by atoms with Crippen molar-refractivity contribution in [3.05, 3.63) is 39.8 Å². The molecule has 0 aromatic heterocycles. The van der Waals surface area contributed by atoms with Gasteiger partial charge in [0, 0.05) is 0 Å². The Balaban J connectivity index is 2.84. The van der Waals surface area contributed by atoms with Crippen LogP contribution in [0.3, 0.4) is 0 Å². The van der Waals surface area contributed by atoms with Crippen LogP contribution in [0.2, 0.25) is 0 Å². The molecule has 0 saturated heterocycles. The number of nitrogens with zero attached hydrogens (tertiary/aromatic N) is 1. The molecule has 0 saturated carbocycles. The lowest BCUT2D eigenvalue weighted by atomic mass is 10.0. The minimum absolute atomic E-state index is 0.261. The third kappa shape index (κ3) is 1.81. The Morgan fingerprint density at radius 3 is 2.83 bits per heavy atom. The van der Waals surface area contributed by atoms with E-state index in [1.165, 1.54) is 5.56 Å². The largest absolute Gasteiger partial charge is 0.359 e. The van der Waals surface area contributed by atoms with Gasteiger partial charge in [-0.3, -0.25) is 0 Å². The molecule has 0 radical (unpaired) electrons. The Labute approximate surface area is 71.3 Å². The molecule has 0 fully saturated rings. The van der Waals surface area contributed by atoms with Crippen LogP contribution >= 0.6 is 0 Å². The molecular weight excluding hydrogens is 154 g/mol. The number of rotatable bonds is 3. The lowest BCUT2D eigenvalue weighted by Crippen LogP contribution is -1.92. The number of hydrogen-bond donors (Lipinski definition) is 0. The normalized spacial score (nSPS) is 9.50. The van der Waals surface area contributed by atoms with Crippen LogP contribution in [0.4, 0.5) is 0 Å². The second-order valence-electron chi connectivity index (χ2n) is 2.71. The predicted octanol–water partition coefficient (Wildman–Crippen LogP) is 2.50. The minimum atomic E-state index is 0.261. The van der Waals surface area contributed by atoms with Gasteiger partial charge in [-0.1, -0.05) is 18.2 Å². The van der Waals surface area contributed by atoms with Crippen molar-refractivity contribution in [3.8, 4) is 0 Å². The van der Waals surface area contributed by atoms with Crippen LogP contribution in [0.15, 0.2) is 23.5 Å². The quantitative estimate of drug-likeness (QED) is 0.509. The van der Waals surface area contributed by atoms with Crippen molar-refractivity contribution in [2.75, 3.05) is 0 Å². The van der Waals surface area contributed by atoms with Crippen LogP contribution in [0.5, 0.6) is 0 Å². The SMILES string of the molecule is Cc1cccc(CON=O)c1C. The average Bonchev–Trinajstić information content (AvgIpc) is 2.08. The number of aryl methyl sites for hydroxylation is 1. The van der Waals surface area contributed by atoms with E-state index in [1.807, 2.05) is 32.0 Å². The van der Waals surface area contributed by atoms with Gasteiger partial charge in [-0.2, -0.15) is 0 Å². The summed E-state index contributed by atoms with van der Waals surface area (Å²) in [7, 11) is 0. The van der Waals surface area contributed by atoms with Gasteiger partial charge in [0.05, 0.1) is 0 Å². The fourth-order valence-electron chi connectivity index (χ4n) is 1.06. The Morgan fingerprint density at radius 1 is 1.42 bits per heavy atom. The highest BCUT2D eigenvalue weighted by molar-refractivity contribution is 5.32. The molecule has 0 N–H and O–H groups in total. The first-order chi connectivity index (χ1) is 5.75. The Hall–Kier alpha value is -1.38. The van der Waals surface area contributed by atoms with Crippen LogP contribution in [0, 0.1) is 18.8 Å². The zero-order valence-corrected chi connectivity index (χ0v) is 7.20. The van der Waals surface area contributed by atoms with Gasteiger partial charge >= 0.3 is 0 Å². The standard InChI is InChI=1S/C9H11NO2/c1-7-4-3-5-9(8(7)2)6-12-10-11/h3-5H,6H2,1-2H3. The fourth-order valence-corrected chi connectivity index (χ4v) is 1.06. The van der Waals surface area contributed by atoms with E-state index in [2.05, 4.69) is 10.2 Å².